The molecule has 0 saturated carbocycles. The van der Waals surface area contributed by atoms with Crippen LogP contribution in [0, 0.1) is 5.92 Å². The average molecular weight is 450 g/mol. The Morgan fingerprint density at radius 2 is 1.94 bits per heavy atom. The molecular formula is C26H31N3O4. The van der Waals surface area contributed by atoms with Crippen molar-refractivity contribution < 1.29 is 14.3 Å². The minimum Gasteiger partial charge on any atom is -0.494 e. The SMILES string of the molecule is CCOC(=O)[C@@H]1CCCN(c2ccc(NCc3cc4cc(OCC)ccc4[nH]c3=O)cc2)C1. The summed E-state index contributed by atoms with van der Waals surface area (Å²) in [4.78, 5) is 29.8. The number of benzene rings is 2. The van der Waals surface area contributed by atoms with Crippen LogP contribution in [-0.2, 0) is 16.1 Å². The molecule has 0 radical (unpaired) electrons. The highest BCUT2D eigenvalue weighted by molar-refractivity contribution is 5.80. The zero-order valence-corrected chi connectivity index (χ0v) is 19.2. The van der Waals surface area contributed by atoms with E-state index in [1.165, 1.54) is 0 Å². The summed E-state index contributed by atoms with van der Waals surface area (Å²) in [5, 5.41) is 4.28. The van der Waals surface area contributed by atoms with Crippen molar-refractivity contribution in [3.8, 4) is 5.75 Å². The normalized spacial score (nSPS) is 15.9. The first-order chi connectivity index (χ1) is 16.1. The predicted octanol–water partition coefficient (Wildman–Crippen LogP) is 4.32. The van der Waals surface area contributed by atoms with Gasteiger partial charge in [0.1, 0.15) is 5.75 Å². The maximum absolute atomic E-state index is 12.5. The molecule has 2 N–H and O–H groups in total. The number of hydrogen-bond acceptors (Lipinski definition) is 6. The van der Waals surface area contributed by atoms with Gasteiger partial charge in [-0.1, -0.05) is 0 Å². The molecule has 2 aromatic carbocycles. The van der Waals surface area contributed by atoms with Crippen LogP contribution in [0.1, 0.15) is 32.3 Å². The Labute approximate surface area is 193 Å². The number of nitrogens with zero attached hydrogens (tertiary/aromatic N) is 1. The van der Waals surface area contributed by atoms with Crippen molar-refractivity contribution in [1.29, 1.82) is 0 Å². The van der Waals surface area contributed by atoms with Gasteiger partial charge in [0.25, 0.3) is 5.56 Å². The third kappa shape index (κ3) is 5.48. The van der Waals surface area contributed by atoms with Crippen LogP contribution in [0.5, 0.6) is 5.75 Å². The molecule has 174 valence electrons. The summed E-state index contributed by atoms with van der Waals surface area (Å²) in [6, 6.07) is 15.7. The summed E-state index contributed by atoms with van der Waals surface area (Å²) < 4.78 is 10.8. The molecule has 0 bridgehead atoms. The van der Waals surface area contributed by atoms with Crippen molar-refractivity contribution in [2.75, 3.05) is 36.5 Å². The third-order valence-corrected chi connectivity index (χ3v) is 5.96. The molecule has 0 spiro atoms. The highest BCUT2D eigenvalue weighted by atomic mass is 16.5. The van der Waals surface area contributed by atoms with E-state index < -0.39 is 0 Å². The molecule has 2 heterocycles. The van der Waals surface area contributed by atoms with E-state index >= 15 is 0 Å². The van der Waals surface area contributed by atoms with E-state index in [4.69, 9.17) is 9.47 Å². The van der Waals surface area contributed by atoms with Gasteiger partial charge < -0.3 is 24.7 Å². The first kappa shape index (κ1) is 22.7. The van der Waals surface area contributed by atoms with Gasteiger partial charge in [0, 0.05) is 47.5 Å². The Bertz CT molecular complexity index is 1160. The number of carbonyl (C=O) groups is 1. The molecule has 1 saturated heterocycles. The second-order valence-electron chi connectivity index (χ2n) is 8.24. The van der Waals surface area contributed by atoms with Gasteiger partial charge in [0.05, 0.1) is 19.1 Å². The second kappa shape index (κ2) is 10.4. The maximum atomic E-state index is 12.5. The Balaban J connectivity index is 1.41. The first-order valence-corrected chi connectivity index (χ1v) is 11.6. The number of nitrogens with one attached hydrogen (secondary N) is 2. The van der Waals surface area contributed by atoms with Crippen molar-refractivity contribution in [3.05, 3.63) is 64.4 Å². The standard InChI is InChI=1S/C26H31N3O4/c1-3-32-23-11-12-24-19(15-23)14-20(25(30)28-24)16-27-21-7-9-22(10-8-21)29-13-5-6-18(17-29)26(31)33-4-2/h7-12,14-15,18,27H,3-6,13,16-17H2,1-2H3,(H,28,30)/t18-/m1/s1. The number of pyridine rings is 1. The van der Waals surface area contributed by atoms with Crippen molar-refractivity contribution in [2.45, 2.75) is 33.2 Å². The van der Waals surface area contributed by atoms with Crippen LogP contribution in [-0.4, -0.2) is 37.3 Å². The predicted molar refractivity (Wildman–Crippen MR) is 131 cm³/mol. The fourth-order valence-electron chi connectivity index (χ4n) is 4.27. The highest BCUT2D eigenvalue weighted by Gasteiger charge is 2.26. The number of hydrogen-bond donors (Lipinski definition) is 2. The summed E-state index contributed by atoms with van der Waals surface area (Å²) >= 11 is 0. The fourth-order valence-corrected chi connectivity index (χ4v) is 4.27. The number of ether oxygens (including phenoxy) is 2. The van der Waals surface area contributed by atoms with Gasteiger partial charge in [-0.2, -0.15) is 0 Å². The Morgan fingerprint density at radius 1 is 1.12 bits per heavy atom. The molecule has 0 amide bonds. The monoisotopic (exact) mass is 449 g/mol. The van der Waals surface area contributed by atoms with Crippen molar-refractivity contribution in [3.63, 3.8) is 0 Å². The van der Waals surface area contributed by atoms with Crippen LogP contribution in [0.2, 0.25) is 0 Å². The Morgan fingerprint density at radius 3 is 2.70 bits per heavy atom. The number of esters is 1. The number of aromatic nitrogens is 1. The van der Waals surface area contributed by atoms with Crippen LogP contribution >= 0.6 is 0 Å². The summed E-state index contributed by atoms with van der Waals surface area (Å²) in [7, 11) is 0. The number of anilines is 2. The molecule has 1 atom stereocenters. The van der Waals surface area contributed by atoms with Gasteiger partial charge in [-0.05, 0) is 75.2 Å². The molecule has 7 heteroatoms. The molecule has 1 fully saturated rings. The lowest BCUT2D eigenvalue weighted by Crippen LogP contribution is -2.39. The van der Waals surface area contributed by atoms with Crippen LogP contribution < -0.4 is 20.5 Å². The smallest absolute Gasteiger partial charge is 0.310 e. The highest BCUT2D eigenvalue weighted by Crippen LogP contribution is 2.26. The first-order valence-electron chi connectivity index (χ1n) is 11.6. The lowest BCUT2D eigenvalue weighted by Gasteiger charge is -2.33. The van der Waals surface area contributed by atoms with E-state index in [2.05, 4.69) is 27.3 Å². The van der Waals surface area contributed by atoms with Gasteiger partial charge in [0.2, 0.25) is 0 Å². The number of aromatic amines is 1. The van der Waals surface area contributed by atoms with E-state index in [9.17, 15) is 9.59 Å². The Hall–Kier alpha value is -3.48. The lowest BCUT2D eigenvalue weighted by molar-refractivity contribution is -0.148. The topological polar surface area (TPSA) is 83.7 Å². The summed E-state index contributed by atoms with van der Waals surface area (Å²) in [5.41, 5.74) is 3.36. The Kier molecular flexibility index (Phi) is 7.17. The molecule has 1 aliphatic heterocycles. The van der Waals surface area contributed by atoms with Gasteiger partial charge in [-0.15, -0.1) is 0 Å². The summed E-state index contributed by atoms with van der Waals surface area (Å²) in [6.07, 6.45) is 1.85. The number of piperidine rings is 1. The molecule has 4 rings (SSSR count). The van der Waals surface area contributed by atoms with Crippen LogP contribution in [0.15, 0.2) is 53.3 Å². The van der Waals surface area contributed by atoms with Crippen molar-refractivity contribution in [1.82, 2.24) is 4.98 Å². The molecule has 7 nitrogen and oxygen atoms in total. The van der Waals surface area contributed by atoms with Crippen LogP contribution in [0.3, 0.4) is 0 Å². The summed E-state index contributed by atoms with van der Waals surface area (Å²) in [5.74, 6) is 0.614. The lowest BCUT2D eigenvalue weighted by atomic mass is 9.97. The van der Waals surface area contributed by atoms with E-state index in [1.54, 1.807) is 0 Å². The fraction of sp³-hybridized carbons (Fsp3) is 0.385. The van der Waals surface area contributed by atoms with Gasteiger partial charge in [-0.3, -0.25) is 9.59 Å². The second-order valence-corrected chi connectivity index (χ2v) is 8.24. The van der Waals surface area contributed by atoms with Gasteiger partial charge in [-0.25, -0.2) is 0 Å². The molecule has 1 aromatic heterocycles. The number of rotatable bonds is 8. The molecule has 0 unspecified atom stereocenters. The maximum Gasteiger partial charge on any atom is 0.310 e. The van der Waals surface area contributed by atoms with Gasteiger partial charge in [0.15, 0.2) is 0 Å². The van der Waals surface area contributed by atoms with E-state index in [-0.39, 0.29) is 17.4 Å². The van der Waals surface area contributed by atoms with E-state index in [1.807, 2.05) is 50.2 Å². The van der Waals surface area contributed by atoms with E-state index in [0.29, 0.717) is 31.9 Å². The van der Waals surface area contributed by atoms with Crippen LogP contribution in [0.25, 0.3) is 10.9 Å². The van der Waals surface area contributed by atoms with E-state index in [0.717, 1.165) is 47.4 Å². The number of carbonyl (C=O) groups excluding carboxylic acids is 1. The summed E-state index contributed by atoms with van der Waals surface area (Å²) in [6.45, 7) is 6.83. The van der Waals surface area contributed by atoms with Crippen molar-refractivity contribution >= 4 is 28.2 Å². The molecular weight excluding hydrogens is 418 g/mol. The van der Waals surface area contributed by atoms with Crippen molar-refractivity contribution in [2.24, 2.45) is 5.92 Å². The largest absolute Gasteiger partial charge is 0.494 e. The minimum absolute atomic E-state index is 0.0700. The number of H-pyrrole nitrogens is 1. The third-order valence-electron chi connectivity index (χ3n) is 5.96. The number of fused-ring (bicyclic) bond motifs is 1. The molecule has 0 aliphatic carbocycles. The van der Waals surface area contributed by atoms with Crippen LogP contribution in [0.4, 0.5) is 11.4 Å². The average Bonchev–Trinajstić information content (AvgIpc) is 2.84. The minimum atomic E-state index is -0.103. The molecule has 1 aliphatic rings. The quantitative estimate of drug-likeness (QED) is 0.499. The van der Waals surface area contributed by atoms with Gasteiger partial charge >= 0.3 is 5.97 Å². The molecule has 33 heavy (non-hydrogen) atoms. The zero-order valence-electron chi connectivity index (χ0n) is 19.2. The molecule has 3 aromatic rings. The zero-order chi connectivity index (χ0) is 23.2.